The fourth-order valence-corrected chi connectivity index (χ4v) is 3.08. The van der Waals surface area contributed by atoms with E-state index in [0.717, 1.165) is 23.5 Å². The number of carbonyl (C=O) groups excluding carboxylic acids is 1. The Labute approximate surface area is 123 Å². The second kappa shape index (κ2) is 7.17. The lowest BCUT2D eigenvalue weighted by Crippen LogP contribution is -2.44. The van der Waals surface area contributed by atoms with E-state index in [1.807, 2.05) is 19.9 Å². The van der Waals surface area contributed by atoms with E-state index in [1.165, 1.54) is 11.3 Å². The number of aryl methyl sites for hydroxylation is 2. The van der Waals surface area contributed by atoms with Crippen LogP contribution in [0.5, 0.6) is 0 Å². The van der Waals surface area contributed by atoms with E-state index in [4.69, 9.17) is 4.74 Å². The van der Waals surface area contributed by atoms with Gasteiger partial charge in [0.2, 0.25) is 0 Å². The molecule has 0 aliphatic carbocycles. The lowest BCUT2D eigenvalue weighted by molar-refractivity contribution is 0.0149. The first-order valence-corrected chi connectivity index (χ1v) is 7.71. The summed E-state index contributed by atoms with van der Waals surface area (Å²) in [5.74, 6) is -0.104. The third kappa shape index (κ3) is 4.28. The number of aliphatic hydroxyl groups excluding tert-OH is 1. The average Bonchev–Trinajstić information content (AvgIpc) is 2.77. The SMILES string of the molecule is Cc1cc(C(=O)NCC(O)CN2CCOCC2)sc1C. The Balaban J connectivity index is 1.74. The minimum Gasteiger partial charge on any atom is -0.390 e. The summed E-state index contributed by atoms with van der Waals surface area (Å²) in [4.78, 5) is 16.0. The van der Waals surface area contributed by atoms with Gasteiger partial charge in [0.1, 0.15) is 0 Å². The molecular formula is C14H22N2O3S. The highest BCUT2D eigenvalue weighted by molar-refractivity contribution is 7.14. The van der Waals surface area contributed by atoms with Gasteiger partial charge in [0.25, 0.3) is 5.91 Å². The summed E-state index contributed by atoms with van der Waals surface area (Å²) in [7, 11) is 0. The highest BCUT2D eigenvalue weighted by Crippen LogP contribution is 2.20. The largest absolute Gasteiger partial charge is 0.390 e. The Morgan fingerprint density at radius 2 is 2.20 bits per heavy atom. The van der Waals surface area contributed by atoms with Crippen molar-refractivity contribution in [3.8, 4) is 0 Å². The van der Waals surface area contributed by atoms with Crippen molar-refractivity contribution in [2.75, 3.05) is 39.4 Å². The van der Waals surface area contributed by atoms with Crippen molar-refractivity contribution < 1.29 is 14.6 Å². The molecule has 1 aromatic heterocycles. The Bertz CT molecular complexity index is 436. The molecule has 1 atom stereocenters. The minimum atomic E-state index is -0.542. The molecule has 1 aliphatic heterocycles. The van der Waals surface area contributed by atoms with Gasteiger partial charge < -0.3 is 15.2 Å². The quantitative estimate of drug-likeness (QED) is 0.843. The van der Waals surface area contributed by atoms with Gasteiger partial charge in [-0.15, -0.1) is 11.3 Å². The van der Waals surface area contributed by atoms with Gasteiger partial charge in [0.05, 0.1) is 24.2 Å². The van der Waals surface area contributed by atoms with Crippen LogP contribution < -0.4 is 5.32 Å². The Morgan fingerprint density at radius 1 is 1.50 bits per heavy atom. The van der Waals surface area contributed by atoms with E-state index in [-0.39, 0.29) is 12.5 Å². The maximum Gasteiger partial charge on any atom is 0.261 e. The van der Waals surface area contributed by atoms with Gasteiger partial charge in [-0.2, -0.15) is 0 Å². The molecule has 1 unspecified atom stereocenters. The van der Waals surface area contributed by atoms with E-state index in [0.29, 0.717) is 24.6 Å². The molecular weight excluding hydrogens is 276 g/mol. The zero-order valence-electron chi connectivity index (χ0n) is 12.0. The van der Waals surface area contributed by atoms with E-state index in [2.05, 4.69) is 10.2 Å². The predicted molar refractivity (Wildman–Crippen MR) is 79.4 cm³/mol. The summed E-state index contributed by atoms with van der Waals surface area (Å²) < 4.78 is 5.26. The van der Waals surface area contributed by atoms with Crippen molar-refractivity contribution >= 4 is 17.2 Å². The summed E-state index contributed by atoms with van der Waals surface area (Å²) in [5.41, 5.74) is 1.13. The van der Waals surface area contributed by atoms with Crippen LogP contribution in [0.25, 0.3) is 0 Å². The van der Waals surface area contributed by atoms with Crippen LogP contribution in [-0.4, -0.2) is 61.4 Å². The van der Waals surface area contributed by atoms with Crippen LogP contribution in [0.2, 0.25) is 0 Å². The minimum absolute atomic E-state index is 0.104. The standard InChI is InChI=1S/C14H22N2O3S/c1-10-7-13(20-11(10)2)14(18)15-8-12(17)9-16-3-5-19-6-4-16/h7,12,17H,3-6,8-9H2,1-2H3,(H,15,18). The summed E-state index contributed by atoms with van der Waals surface area (Å²) in [6.45, 7) is 7.97. The van der Waals surface area contributed by atoms with E-state index in [1.54, 1.807) is 0 Å². The van der Waals surface area contributed by atoms with Crippen LogP contribution in [0, 0.1) is 13.8 Å². The van der Waals surface area contributed by atoms with Gasteiger partial charge in [-0.25, -0.2) is 0 Å². The highest BCUT2D eigenvalue weighted by Gasteiger charge is 2.16. The first-order chi connectivity index (χ1) is 9.56. The van der Waals surface area contributed by atoms with E-state index < -0.39 is 6.10 Å². The zero-order chi connectivity index (χ0) is 14.5. The van der Waals surface area contributed by atoms with Crippen molar-refractivity contribution in [1.82, 2.24) is 10.2 Å². The van der Waals surface area contributed by atoms with E-state index >= 15 is 0 Å². The first kappa shape index (κ1) is 15.4. The number of thiophene rings is 1. The number of morpholine rings is 1. The Hall–Kier alpha value is -0.950. The topological polar surface area (TPSA) is 61.8 Å². The summed E-state index contributed by atoms with van der Waals surface area (Å²) in [6.07, 6.45) is -0.542. The molecule has 1 aromatic rings. The van der Waals surface area contributed by atoms with Crippen LogP contribution in [0.15, 0.2) is 6.07 Å². The Morgan fingerprint density at radius 3 is 2.80 bits per heavy atom. The normalized spacial score (nSPS) is 17.9. The molecule has 6 heteroatoms. The number of β-amino-alcohol motifs (C(OH)–C–C–N with tert-alkyl or cyclic N) is 1. The highest BCUT2D eigenvalue weighted by atomic mass is 32.1. The number of nitrogens with one attached hydrogen (secondary N) is 1. The third-order valence-corrected chi connectivity index (χ3v) is 4.61. The number of amides is 1. The fourth-order valence-electron chi connectivity index (χ4n) is 2.13. The van der Waals surface area contributed by atoms with Crippen molar-refractivity contribution in [1.29, 1.82) is 0 Å². The fraction of sp³-hybridized carbons (Fsp3) is 0.643. The van der Waals surface area contributed by atoms with Gasteiger partial charge in [-0.05, 0) is 25.5 Å². The first-order valence-electron chi connectivity index (χ1n) is 6.89. The maximum absolute atomic E-state index is 12.0. The molecule has 0 bridgehead atoms. The lowest BCUT2D eigenvalue weighted by Gasteiger charge is -2.28. The molecule has 112 valence electrons. The summed E-state index contributed by atoms with van der Waals surface area (Å²) in [6, 6.07) is 1.89. The molecule has 1 saturated heterocycles. The lowest BCUT2D eigenvalue weighted by atomic mass is 10.2. The molecule has 1 amide bonds. The summed E-state index contributed by atoms with van der Waals surface area (Å²) in [5, 5.41) is 12.8. The van der Waals surface area contributed by atoms with Gasteiger partial charge in [0, 0.05) is 31.1 Å². The number of hydrogen-bond acceptors (Lipinski definition) is 5. The number of carbonyl (C=O) groups is 1. The molecule has 0 aromatic carbocycles. The second-order valence-corrected chi connectivity index (χ2v) is 6.38. The number of aliphatic hydroxyl groups is 1. The maximum atomic E-state index is 12.0. The van der Waals surface area contributed by atoms with Crippen LogP contribution >= 0.6 is 11.3 Å². The molecule has 0 saturated carbocycles. The Kier molecular flexibility index (Phi) is 5.54. The van der Waals surface area contributed by atoms with E-state index in [9.17, 15) is 9.90 Å². The molecule has 1 fully saturated rings. The number of hydrogen-bond donors (Lipinski definition) is 2. The van der Waals surface area contributed by atoms with Crippen LogP contribution in [0.1, 0.15) is 20.1 Å². The van der Waals surface area contributed by atoms with Crippen molar-refractivity contribution in [3.05, 3.63) is 21.4 Å². The molecule has 20 heavy (non-hydrogen) atoms. The molecule has 2 rings (SSSR count). The molecule has 2 N–H and O–H groups in total. The van der Waals surface area contributed by atoms with Crippen molar-refractivity contribution in [2.24, 2.45) is 0 Å². The average molecular weight is 298 g/mol. The van der Waals surface area contributed by atoms with Gasteiger partial charge in [-0.1, -0.05) is 0 Å². The number of rotatable bonds is 5. The zero-order valence-corrected chi connectivity index (χ0v) is 12.8. The number of ether oxygens (including phenoxy) is 1. The predicted octanol–water partition coefficient (Wildman–Crippen LogP) is 0.788. The molecule has 2 heterocycles. The number of nitrogens with zero attached hydrogens (tertiary/aromatic N) is 1. The summed E-state index contributed by atoms with van der Waals surface area (Å²) >= 11 is 1.49. The van der Waals surface area contributed by atoms with Crippen molar-refractivity contribution in [3.63, 3.8) is 0 Å². The van der Waals surface area contributed by atoms with Gasteiger partial charge in [0.15, 0.2) is 0 Å². The molecule has 0 radical (unpaired) electrons. The van der Waals surface area contributed by atoms with Gasteiger partial charge >= 0.3 is 0 Å². The van der Waals surface area contributed by atoms with Gasteiger partial charge in [-0.3, -0.25) is 9.69 Å². The smallest absolute Gasteiger partial charge is 0.261 e. The van der Waals surface area contributed by atoms with Crippen LogP contribution in [0.3, 0.4) is 0 Å². The van der Waals surface area contributed by atoms with Crippen LogP contribution in [-0.2, 0) is 4.74 Å². The monoisotopic (exact) mass is 298 g/mol. The van der Waals surface area contributed by atoms with Crippen molar-refractivity contribution in [2.45, 2.75) is 20.0 Å². The third-order valence-electron chi connectivity index (χ3n) is 3.46. The molecule has 1 aliphatic rings. The molecule has 0 spiro atoms. The van der Waals surface area contributed by atoms with Crippen LogP contribution in [0.4, 0.5) is 0 Å². The second-order valence-electron chi connectivity index (χ2n) is 5.13. The molecule has 5 nitrogen and oxygen atoms in total.